The first kappa shape index (κ1) is 18.2. The average molecular weight is 297 g/mol. The summed E-state index contributed by atoms with van der Waals surface area (Å²) in [6.07, 6.45) is -4.30. The summed E-state index contributed by atoms with van der Waals surface area (Å²) in [5.74, 6) is 0. The van der Waals surface area contributed by atoms with E-state index in [0.29, 0.717) is 12.1 Å². The van der Waals surface area contributed by atoms with Gasteiger partial charge in [0, 0.05) is 18.6 Å². The maximum atomic E-state index is 12.6. The molecule has 0 aromatic heterocycles. The summed E-state index contributed by atoms with van der Waals surface area (Å²) >= 11 is 0. The fourth-order valence-electron chi connectivity index (χ4n) is 1.84. The van der Waals surface area contributed by atoms with Gasteiger partial charge in [0.2, 0.25) is 0 Å². The largest absolute Gasteiger partial charge is 0.416 e. The SMILES string of the molecule is CC(N)CN(C)C(C)c1cccc(C(F)(F)F)c1.Cl. The number of halogens is 4. The van der Waals surface area contributed by atoms with Crippen LogP contribution in [0.3, 0.4) is 0 Å². The number of benzene rings is 1. The Morgan fingerprint density at radius 2 is 1.84 bits per heavy atom. The molecule has 19 heavy (non-hydrogen) atoms. The minimum Gasteiger partial charge on any atom is -0.327 e. The van der Waals surface area contributed by atoms with Gasteiger partial charge in [-0.3, -0.25) is 4.90 Å². The molecule has 0 saturated heterocycles. The highest BCUT2D eigenvalue weighted by Crippen LogP contribution is 2.31. The van der Waals surface area contributed by atoms with E-state index in [9.17, 15) is 13.2 Å². The van der Waals surface area contributed by atoms with Gasteiger partial charge in [-0.25, -0.2) is 0 Å². The van der Waals surface area contributed by atoms with Crippen molar-refractivity contribution < 1.29 is 13.2 Å². The number of hydrogen-bond acceptors (Lipinski definition) is 2. The van der Waals surface area contributed by atoms with Crippen LogP contribution >= 0.6 is 12.4 Å². The van der Waals surface area contributed by atoms with Crippen molar-refractivity contribution in [3.63, 3.8) is 0 Å². The average Bonchev–Trinajstić information content (AvgIpc) is 2.26. The van der Waals surface area contributed by atoms with E-state index in [-0.39, 0.29) is 24.5 Å². The minimum atomic E-state index is -4.30. The van der Waals surface area contributed by atoms with Crippen LogP contribution in [-0.4, -0.2) is 24.5 Å². The van der Waals surface area contributed by atoms with Crippen molar-refractivity contribution in [3.8, 4) is 0 Å². The zero-order valence-corrected chi connectivity index (χ0v) is 12.1. The van der Waals surface area contributed by atoms with Gasteiger partial charge in [0.15, 0.2) is 0 Å². The predicted molar refractivity (Wildman–Crippen MR) is 73.4 cm³/mol. The fourth-order valence-corrected chi connectivity index (χ4v) is 1.84. The van der Waals surface area contributed by atoms with Crippen molar-refractivity contribution in [2.75, 3.05) is 13.6 Å². The highest BCUT2D eigenvalue weighted by molar-refractivity contribution is 5.85. The molecule has 2 atom stereocenters. The van der Waals surface area contributed by atoms with E-state index in [4.69, 9.17) is 5.73 Å². The van der Waals surface area contributed by atoms with Crippen molar-refractivity contribution >= 4 is 12.4 Å². The van der Waals surface area contributed by atoms with E-state index in [1.165, 1.54) is 12.1 Å². The number of nitrogens with two attached hydrogens (primary N) is 1. The van der Waals surface area contributed by atoms with Crippen LogP contribution in [0.2, 0.25) is 0 Å². The van der Waals surface area contributed by atoms with Crippen molar-refractivity contribution in [1.82, 2.24) is 4.90 Å². The second-order valence-electron chi connectivity index (χ2n) is 4.72. The van der Waals surface area contributed by atoms with Crippen molar-refractivity contribution in [2.24, 2.45) is 5.73 Å². The fraction of sp³-hybridized carbons (Fsp3) is 0.538. The topological polar surface area (TPSA) is 29.3 Å². The highest BCUT2D eigenvalue weighted by Gasteiger charge is 2.30. The summed E-state index contributed by atoms with van der Waals surface area (Å²) in [5, 5.41) is 0. The summed E-state index contributed by atoms with van der Waals surface area (Å²) in [5.41, 5.74) is 5.72. The summed E-state index contributed by atoms with van der Waals surface area (Å²) < 4.78 is 37.8. The molecular weight excluding hydrogens is 277 g/mol. The molecule has 2 N–H and O–H groups in total. The number of nitrogens with zero attached hydrogens (tertiary/aromatic N) is 1. The van der Waals surface area contributed by atoms with Gasteiger partial charge in [-0.15, -0.1) is 12.4 Å². The first-order chi connectivity index (χ1) is 8.21. The van der Waals surface area contributed by atoms with E-state index < -0.39 is 11.7 Å². The van der Waals surface area contributed by atoms with Gasteiger partial charge in [0.25, 0.3) is 0 Å². The van der Waals surface area contributed by atoms with Gasteiger partial charge in [-0.2, -0.15) is 13.2 Å². The van der Waals surface area contributed by atoms with Gasteiger partial charge in [0.1, 0.15) is 0 Å². The van der Waals surface area contributed by atoms with Gasteiger partial charge in [-0.1, -0.05) is 12.1 Å². The monoisotopic (exact) mass is 296 g/mol. The molecule has 0 bridgehead atoms. The third-order valence-electron chi connectivity index (χ3n) is 2.93. The molecule has 0 radical (unpaired) electrons. The molecule has 0 saturated carbocycles. The molecule has 0 amide bonds. The summed E-state index contributed by atoms with van der Waals surface area (Å²) in [4.78, 5) is 1.94. The minimum absolute atomic E-state index is 0. The smallest absolute Gasteiger partial charge is 0.327 e. The Bertz CT molecular complexity index is 394. The molecule has 6 heteroatoms. The lowest BCUT2D eigenvalue weighted by Gasteiger charge is -2.27. The van der Waals surface area contributed by atoms with Crippen LogP contribution in [0.4, 0.5) is 13.2 Å². The molecule has 110 valence electrons. The number of likely N-dealkylation sites (N-methyl/N-ethyl adjacent to an activating group) is 1. The van der Waals surface area contributed by atoms with Gasteiger partial charge in [0.05, 0.1) is 5.56 Å². The third-order valence-corrected chi connectivity index (χ3v) is 2.93. The standard InChI is InChI=1S/C13H19F3N2.ClH/c1-9(17)8-18(3)10(2)11-5-4-6-12(7-11)13(14,15)16;/h4-7,9-10H,8,17H2,1-3H3;1H. The molecule has 0 aliphatic heterocycles. The van der Waals surface area contributed by atoms with Crippen molar-refractivity contribution in [3.05, 3.63) is 35.4 Å². The van der Waals surface area contributed by atoms with Crippen LogP contribution in [-0.2, 0) is 6.18 Å². The summed E-state index contributed by atoms with van der Waals surface area (Å²) in [6, 6.07) is 5.32. The second kappa shape index (κ2) is 7.12. The number of hydrogen-bond donors (Lipinski definition) is 1. The zero-order valence-electron chi connectivity index (χ0n) is 11.2. The van der Waals surface area contributed by atoms with Crippen LogP contribution in [0.15, 0.2) is 24.3 Å². The second-order valence-corrected chi connectivity index (χ2v) is 4.72. The summed E-state index contributed by atoms with van der Waals surface area (Å²) in [7, 11) is 1.86. The number of alkyl halides is 3. The predicted octanol–water partition coefficient (Wildman–Crippen LogP) is 3.47. The van der Waals surface area contributed by atoms with E-state index in [2.05, 4.69) is 0 Å². The van der Waals surface area contributed by atoms with Gasteiger partial charge >= 0.3 is 6.18 Å². The third kappa shape index (κ3) is 5.38. The molecule has 1 aromatic carbocycles. The molecule has 0 fully saturated rings. The van der Waals surface area contributed by atoms with E-state index in [0.717, 1.165) is 6.07 Å². The van der Waals surface area contributed by atoms with E-state index in [1.807, 2.05) is 25.8 Å². The normalized spacial score (nSPS) is 14.9. The molecule has 2 unspecified atom stereocenters. The van der Waals surface area contributed by atoms with Crippen LogP contribution in [0.1, 0.15) is 31.0 Å². The molecule has 0 heterocycles. The molecule has 0 aliphatic rings. The Morgan fingerprint density at radius 1 is 1.26 bits per heavy atom. The first-order valence-electron chi connectivity index (χ1n) is 5.84. The molecule has 0 aliphatic carbocycles. The lowest BCUT2D eigenvalue weighted by Crippen LogP contribution is -2.34. The highest BCUT2D eigenvalue weighted by atomic mass is 35.5. The quantitative estimate of drug-likeness (QED) is 0.922. The Kier molecular flexibility index (Phi) is 6.83. The van der Waals surface area contributed by atoms with Crippen LogP contribution in [0.25, 0.3) is 0 Å². The van der Waals surface area contributed by atoms with E-state index in [1.54, 1.807) is 6.07 Å². The van der Waals surface area contributed by atoms with Gasteiger partial charge < -0.3 is 5.73 Å². The molecule has 2 nitrogen and oxygen atoms in total. The van der Waals surface area contributed by atoms with Crippen LogP contribution in [0, 0.1) is 0 Å². The summed E-state index contributed by atoms with van der Waals surface area (Å²) in [6.45, 7) is 4.38. The molecule has 1 rings (SSSR count). The maximum absolute atomic E-state index is 12.6. The van der Waals surface area contributed by atoms with Crippen molar-refractivity contribution in [1.29, 1.82) is 0 Å². The van der Waals surface area contributed by atoms with Crippen LogP contribution in [0.5, 0.6) is 0 Å². The Balaban J connectivity index is 0.00000324. The van der Waals surface area contributed by atoms with Crippen molar-refractivity contribution in [2.45, 2.75) is 32.1 Å². The lowest BCUT2D eigenvalue weighted by molar-refractivity contribution is -0.137. The van der Waals surface area contributed by atoms with E-state index >= 15 is 0 Å². The van der Waals surface area contributed by atoms with Crippen LogP contribution < -0.4 is 5.73 Å². The molecule has 0 spiro atoms. The number of rotatable bonds is 4. The Hall–Kier alpha value is -0.780. The maximum Gasteiger partial charge on any atom is 0.416 e. The zero-order chi connectivity index (χ0) is 13.9. The molecular formula is C13H20ClF3N2. The van der Waals surface area contributed by atoms with Gasteiger partial charge in [-0.05, 0) is 38.6 Å². The Morgan fingerprint density at radius 3 is 2.32 bits per heavy atom. The first-order valence-corrected chi connectivity index (χ1v) is 5.84. The molecule has 1 aromatic rings. The Labute approximate surface area is 118 Å². The lowest BCUT2D eigenvalue weighted by atomic mass is 10.0.